The van der Waals surface area contributed by atoms with Crippen LogP contribution in [0, 0.1) is 5.92 Å². The quantitative estimate of drug-likeness (QED) is 0.867. The van der Waals surface area contributed by atoms with Crippen LogP contribution in [-0.2, 0) is 19.9 Å². The summed E-state index contributed by atoms with van der Waals surface area (Å²) < 4.78 is 3.28. The Labute approximate surface area is 125 Å². The van der Waals surface area contributed by atoms with E-state index in [-0.39, 0.29) is 0 Å². The first-order valence-electron chi connectivity index (χ1n) is 7.61. The van der Waals surface area contributed by atoms with Crippen LogP contribution in [0.1, 0.15) is 50.9 Å². The Kier molecular flexibility index (Phi) is 5.46. The van der Waals surface area contributed by atoms with Crippen molar-refractivity contribution in [1.29, 1.82) is 0 Å². The predicted molar refractivity (Wildman–Crippen MR) is 83.4 cm³/mol. The molecule has 0 bridgehead atoms. The van der Waals surface area contributed by atoms with Gasteiger partial charge in [0.25, 0.3) is 0 Å². The summed E-state index contributed by atoms with van der Waals surface area (Å²) in [6, 6.07) is 0.601. The van der Waals surface area contributed by atoms with Gasteiger partial charge in [0.05, 0.1) is 15.9 Å². The number of aromatic nitrogens is 2. The first kappa shape index (κ1) is 15.0. The van der Waals surface area contributed by atoms with E-state index < -0.39 is 0 Å². The second-order valence-electron chi connectivity index (χ2n) is 5.60. The number of nitrogens with one attached hydrogen (secondary N) is 1. The second kappa shape index (κ2) is 6.89. The molecule has 1 heterocycles. The summed E-state index contributed by atoms with van der Waals surface area (Å²) in [5.74, 6) is 0.840. The molecule has 1 N–H and O–H groups in total. The van der Waals surface area contributed by atoms with E-state index in [9.17, 15) is 0 Å². The second-order valence-corrected chi connectivity index (χ2v) is 6.39. The molecule has 1 atom stereocenters. The molecule has 1 aliphatic carbocycles. The molecule has 4 heteroatoms. The average Bonchev–Trinajstić information content (AvgIpc) is 3.01. The van der Waals surface area contributed by atoms with E-state index >= 15 is 0 Å². The minimum absolute atomic E-state index is 0.601. The molecule has 108 valence electrons. The number of halogens is 1. The van der Waals surface area contributed by atoms with Crippen LogP contribution < -0.4 is 5.32 Å². The summed E-state index contributed by atoms with van der Waals surface area (Å²) in [7, 11) is 2.07. The summed E-state index contributed by atoms with van der Waals surface area (Å²) in [5.41, 5.74) is 2.52. The molecular formula is C15H26BrN3. The van der Waals surface area contributed by atoms with Crippen molar-refractivity contribution < 1.29 is 0 Å². The lowest BCUT2D eigenvalue weighted by atomic mass is 9.94. The largest absolute Gasteiger partial charge is 0.314 e. The third-order valence-electron chi connectivity index (χ3n) is 4.35. The van der Waals surface area contributed by atoms with Crippen LogP contribution in [0.25, 0.3) is 0 Å². The number of aryl methyl sites for hydroxylation is 2. The van der Waals surface area contributed by atoms with Crippen molar-refractivity contribution in [2.45, 2.75) is 58.4 Å². The third-order valence-corrected chi connectivity index (χ3v) is 5.27. The Hall–Kier alpha value is -0.350. The van der Waals surface area contributed by atoms with E-state index in [1.54, 1.807) is 0 Å². The van der Waals surface area contributed by atoms with E-state index in [0.717, 1.165) is 25.3 Å². The van der Waals surface area contributed by atoms with E-state index in [4.69, 9.17) is 0 Å². The van der Waals surface area contributed by atoms with E-state index in [1.165, 1.54) is 41.5 Å². The van der Waals surface area contributed by atoms with Crippen LogP contribution in [-0.4, -0.2) is 22.4 Å². The van der Waals surface area contributed by atoms with Gasteiger partial charge in [-0.25, -0.2) is 0 Å². The molecule has 1 aliphatic rings. The van der Waals surface area contributed by atoms with Gasteiger partial charge in [-0.2, -0.15) is 5.10 Å². The highest BCUT2D eigenvalue weighted by molar-refractivity contribution is 9.10. The predicted octanol–water partition coefficient (Wildman–Crippen LogP) is 3.46. The smallest absolute Gasteiger partial charge is 0.0766 e. The molecule has 0 radical (unpaired) electrons. The van der Waals surface area contributed by atoms with Crippen LogP contribution in [0.5, 0.6) is 0 Å². The SMILES string of the molecule is CCNC(Cc1c(Br)c(CC)nn1C)C1CCCC1. The van der Waals surface area contributed by atoms with Crippen molar-refractivity contribution in [2.75, 3.05) is 6.54 Å². The minimum atomic E-state index is 0.601. The van der Waals surface area contributed by atoms with Crippen LogP contribution >= 0.6 is 15.9 Å². The van der Waals surface area contributed by atoms with Crippen molar-refractivity contribution in [3.05, 3.63) is 15.9 Å². The standard InChI is InChI=1S/C15H26BrN3/c1-4-12-15(16)14(19(3)18-12)10-13(17-5-2)11-8-6-7-9-11/h11,13,17H,4-10H2,1-3H3. The summed E-state index contributed by atoms with van der Waals surface area (Å²) in [6.45, 7) is 5.42. The molecule has 0 amide bonds. The lowest BCUT2D eigenvalue weighted by Crippen LogP contribution is -2.37. The molecule has 1 fully saturated rings. The zero-order valence-electron chi connectivity index (χ0n) is 12.4. The molecule has 3 nitrogen and oxygen atoms in total. The molecular weight excluding hydrogens is 302 g/mol. The zero-order chi connectivity index (χ0) is 13.8. The Morgan fingerprint density at radius 1 is 1.37 bits per heavy atom. The number of nitrogens with zero attached hydrogens (tertiary/aromatic N) is 2. The first-order chi connectivity index (χ1) is 9.17. The van der Waals surface area contributed by atoms with Crippen molar-refractivity contribution in [3.63, 3.8) is 0 Å². The number of rotatable bonds is 6. The summed E-state index contributed by atoms with van der Waals surface area (Å²) >= 11 is 3.74. The Bertz CT molecular complexity index is 408. The fourth-order valence-corrected chi connectivity index (χ4v) is 4.06. The molecule has 0 spiro atoms. The summed E-state index contributed by atoms with van der Waals surface area (Å²) in [4.78, 5) is 0. The average molecular weight is 328 g/mol. The highest BCUT2D eigenvalue weighted by atomic mass is 79.9. The maximum atomic E-state index is 4.61. The Balaban J connectivity index is 2.14. The topological polar surface area (TPSA) is 29.9 Å². The fourth-order valence-electron chi connectivity index (χ4n) is 3.28. The van der Waals surface area contributed by atoms with Gasteiger partial charge in [-0.1, -0.05) is 26.7 Å². The van der Waals surface area contributed by atoms with Crippen LogP contribution in [0.3, 0.4) is 0 Å². The van der Waals surface area contributed by atoms with Crippen LogP contribution in [0.2, 0.25) is 0 Å². The van der Waals surface area contributed by atoms with Gasteiger partial charge in [0.15, 0.2) is 0 Å². The van der Waals surface area contributed by atoms with Crippen LogP contribution in [0.15, 0.2) is 4.47 Å². The molecule has 0 saturated heterocycles. The normalized spacial score (nSPS) is 18.1. The lowest BCUT2D eigenvalue weighted by Gasteiger charge is -2.24. The van der Waals surface area contributed by atoms with Gasteiger partial charge in [-0.3, -0.25) is 4.68 Å². The molecule has 1 aromatic heterocycles. The van der Waals surface area contributed by atoms with Crippen molar-refractivity contribution in [3.8, 4) is 0 Å². The Morgan fingerprint density at radius 2 is 2.05 bits per heavy atom. The number of hydrogen-bond donors (Lipinski definition) is 1. The number of hydrogen-bond acceptors (Lipinski definition) is 2. The molecule has 0 aromatic carbocycles. The monoisotopic (exact) mass is 327 g/mol. The van der Waals surface area contributed by atoms with Gasteiger partial charge in [0, 0.05) is 19.5 Å². The zero-order valence-corrected chi connectivity index (χ0v) is 14.0. The van der Waals surface area contributed by atoms with Gasteiger partial charge in [-0.15, -0.1) is 0 Å². The van der Waals surface area contributed by atoms with Gasteiger partial charge >= 0.3 is 0 Å². The van der Waals surface area contributed by atoms with E-state index in [2.05, 4.69) is 51.9 Å². The summed E-state index contributed by atoms with van der Waals surface area (Å²) in [6.07, 6.45) is 7.65. The van der Waals surface area contributed by atoms with E-state index in [0.29, 0.717) is 6.04 Å². The minimum Gasteiger partial charge on any atom is -0.314 e. The molecule has 0 aliphatic heterocycles. The van der Waals surface area contributed by atoms with Crippen LogP contribution in [0.4, 0.5) is 0 Å². The van der Waals surface area contributed by atoms with Crippen molar-refractivity contribution in [1.82, 2.24) is 15.1 Å². The molecule has 1 saturated carbocycles. The molecule has 19 heavy (non-hydrogen) atoms. The maximum absolute atomic E-state index is 4.61. The Morgan fingerprint density at radius 3 is 2.58 bits per heavy atom. The third kappa shape index (κ3) is 3.40. The lowest BCUT2D eigenvalue weighted by molar-refractivity contribution is 0.356. The highest BCUT2D eigenvalue weighted by Gasteiger charge is 2.26. The van der Waals surface area contributed by atoms with Gasteiger partial charge in [0.2, 0.25) is 0 Å². The molecule has 1 unspecified atom stereocenters. The maximum Gasteiger partial charge on any atom is 0.0766 e. The van der Waals surface area contributed by atoms with Gasteiger partial charge < -0.3 is 5.32 Å². The fraction of sp³-hybridized carbons (Fsp3) is 0.800. The molecule has 2 rings (SSSR count). The van der Waals surface area contributed by atoms with E-state index in [1.807, 2.05) is 0 Å². The molecule has 1 aromatic rings. The summed E-state index contributed by atoms with van der Waals surface area (Å²) in [5, 5.41) is 8.30. The highest BCUT2D eigenvalue weighted by Crippen LogP contribution is 2.31. The first-order valence-corrected chi connectivity index (χ1v) is 8.40. The van der Waals surface area contributed by atoms with Crippen molar-refractivity contribution >= 4 is 15.9 Å². The van der Waals surface area contributed by atoms with Gasteiger partial charge in [-0.05, 0) is 47.7 Å². The number of likely N-dealkylation sites (N-methyl/N-ethyl adjacent to an activating group) is 1. The van der Waals surface area contributed by atoms with Gasteiger partial charge in [0.1, 0.15) is 0 Å². The van der Waals surface area contributed by atoms with Crippen molar-refractivity contribution in [2.24, 2.45) is 13.0 Å².